The SMILES string of the molecule is CCCCN(C)C(=O)c1cccc(S(=O)(=O)N(CCC)CCC)c1. The molecule has 1 rings (SSSR count). The van der Waals surface area contributed by atoms with Crippen molar-refractivity contribution >= 4 is 15.9 Å². The normalized spacial score (nSPS) is 11.7. The largest absolute Gasteiger partial charge is 0.342 e. The number of carbonyl (C=O) groups is 1. The molecular formula is C18H30N2O3S. The van der Waals surface area contributed by atoms with Crippen LogP contribution in [0.3, 0.4) is 0 Å². The van der Waals surface area contributed by atoms with E-state index in [0.717, 1.165) is 25.7 Å². The third kappa shape index (κ3) is 5.31. The molecule has 0 fully saturated rings. The first-order valence-electron chi connectivity index (χ1n) is 8.74. The van der Waals surface area contributed by atoms with E-state index in [1.807, 2.05) is 13.8 Å². The second-order valence-electron chi connectivity index (χ2n) is 6.01. The smallest absolute Gasteiger partial charge is 0.253 e. The molecule has 1 amide bonds. The summed E-state index contributed by atoms with van der Waals surface area (Å²) < 4.78 is 27.2. The lowest BCUT2D eigenvalue weighted by atomic mass is 10.2. The van der Waals surface area contributed by atoms with Gasteiger partial charge in [0.25, 0.3) is 5.91 Å². The van der Waals surface area contributed by atoms with Crippen LogP contribution in [0.15, 0.2) is 29.2 Å². The summed E-state index contributed by atoms with van der Waals surface area (Å²) in [6, 6.07) is 6.38. The Morgan fingerprint density at radius 2 is 1.62 bits per heavy atom. The number of sulfonamides is 1. The first-order valence-corrected chi connectivity index (χ1v) is 10.2. The Morgan fingerprint density at radius 3 is 2.17 bits per heavy atom. The van der Waals surface area contributed by atoms with Crippen LogP contribution in [-0.4, -0.2) is 50.2 Å². The minimum Gasteiger partial charge on any atom is -0.342 e. The van der Waals surface area contributed by atoms with Gasteiger partial charge in [-0.2, -0.15) is 4.31 Å². The molecule has 0 aliphatic heterocycles. The van der Waals surface area contributed by atoms with Crippen molar-refractivity contribution < 1.29 is 13.2 Å². The van der Waals surface area contributed by atoms with Crippen molar-refractivity contribution in [3.63, 3.8) is 0 Å². The summed E-state index contributed by atoms with van der Waals surface area (Å²) >= 11 is 0. The summed E-state index contributed by atoms with van der Waals surface area (Å²) in [5, 5.41) is 0. The molecule has 0 heterocycles. The van der Waals surface area contributed by atoms with Gasteiger partial charge >= 0.3 is 0 Å². The van der Waals surface area contributed by atoms with Gasteiger partial charge in [-0.3, -0.25) is 4.79 Å². The maximum Gasteiger partial charge on any atom is 0.253 e. The van der Waals surface area contributed by atoms with Gasteiger partial charge in [0, 0.05) is 32.2 Å². The Balaban J connectivity index is 3.07. The van der Waals surface area contributed by atoms with Gasteiger partial charge in [0.15, 0.2) is 0 Å². The topological polar surface area (TPSA) is 57.7 Å². The van der Waals surface area contributed by atoms with E-state index in [-0.39, 0.29) is 10.8 Å². The average Bonchev–Trinajstić information content (AvgIpc) is 2.58. The van der Waals surface area contributed by atoms with E-state index in [0.29, 0.717) is 25.2 Å². The molecule has 0 radical (unpaired) electrons. The van der Waals surface area contributed by atoms with E-state index in [4.69, 9.17) is 0 Å². The number of amides is 1. The molecule has 5 nitrogen and oxygen atoms in total. The van der Waals surface area contributed by atoms with Crippen LogP contribution in [0.2, 0.25) is 0 Å². The number of unbranched alkanes of at least 4 members (excludes halogenated alkanes) is 1. The number of hydrogen-bond acceptors (Lipinski definition) is 3. The molecule has 0 aromatic heterocycles. The number of nitrogens with zero attached hydrogens (tertiary/aromatic N) is 2. The Morgan fingerprint density at radius 1 is 1.00 bits per heavy atom. The lowest BCUT2D eigenvalue weighted by molar-refractivity contribution is 0.0793. The van der Waals surface area contributed by atoms with Gasteiger partial charge in [-0.05, 0) is 37.5 Å². The summed E-state index contributed by atoms with van der Waals surface area (Å²) in [6.45, 7) is 7.64. The molecule has 0 unspecified atom stereocenters. The lowest BCUT2D eigenvalue weighted by Crippen LogP contribution is -2.33. The number of carbonyl (C=O) groups excluding carboxylic acids is 1. The Bertz CT molecular complexity index is 623. The highest BCUT2D eigenvalue weighted by Gasteiger charge is 2.24. The first-order chi connectivity index (χ1) is 11.4. The molecule has 24 heavy (non-hydrogen) atoms. The minimum absolute atomic E-state index is 0.141. The molecule has 0 bridgehead atoms. The zero-order valence-corrected chi connectivity index (χ0v) is 16.1. The molecule has 0 saturated heterocycles. The highest BCUT2D eigenvalue weighted by molar-refractivity contribution is 7.89. The number of hydrogen-bond donors (Lipinski definition) is 0. The Kier molecular flexibility index (Phi) is 8.42. The van der Waals surface area contributed by atoms with E-state index >= 15 is 0 Å². The number of rotatable bonds is 10. The third-order valence-electron chi connectivity index (χ3n) is 3.86. The van der Waals surface area contributed by atoms with Crippen LogP contribution in [0.1, 0.15) is 56.8 Å². The zero-order chi connectivity index (χ0) is 18.2. The summed E-state index contributed by atoms with van der Waals surface area (Å²) in [4.78, 5) is 14.3. The van der Waals surface area contributed by atoms with Gasteiger partial charge in [0.2, 0.25) is 10.0 Å². The summed E-state index contributed by atoms with van der Waals surface area (Å²) in [5.41, 5.74) is 0.419. The number of benzene rings is 1. The fourth-order valence-corrected chi connectivity index (χ4v) is 4.18. The minimum atomic E-state index is -3.56. The fraction of sp³-hybridized carbons (Fsp3) is 0.611. The monoisotopic (exact) mass is 354 g/mol. The third-order valence-corrected chi connectivity index (χ3v) is 5.75. The van der Waals surface area contributed by atoms with Crippen molar-refractivity contribution in [2.75, 3.05) is 26.7 Å². The van der Waals surface area contributed by atoms with Gasteiger partial charge < -0.3 is 4.90 Å². The van der Waals surface area contributed by atoms with Crippen LogP contribution in [0.5, 0.6) is 0 Å². The van der Waals surface area contributed by atoms with Crippen LogP contribution < -0.4 is 0 Å². The molecule has 0 aliphatic rings. The van der Waals surface area contributed by atoms with Crippen molar-refractivity contribution in [1.29, 1.82) is 0 Å². The standard InChI is InChI=1S/C18H30N2O3S/c1-5-8-14-19(4)18(21)16-10-9-11-17(15-16)24(22,23)20(12-6-2)13-7-3/h9-11,15H,5-8,12-14H2,1-4H3. The summed E-state index contributed by atoms with van der Waals surface area (Å²) in [5.74, 6) is -0.141. The van der Waals surface area contributed by atoms with Crippen molar-refractivity contribution in [2.24, 2.45) is 0 Å². The molecule has 0 N–H and O–H groups in total. The molecule has 6 heteroatoms. The van der Waals surface area contributed by atoms with Gasteiger partial charge in [-0.25, -0.2) is 8.42 Å². The quantitative estimate of drug-likeness (QED) is 0.647. The van der Waals surface area contributed by atoms with E-state index in [9.17, 15) is 13.2 Å². The Labute approximate surface area is 146 Å². The molecule has 1 aromatic rings. The van der Waals surface area contributed by atoms with Crippen LogP contribution >= 0.6 is 0 Å². The average molecular weight is 355 g/mol. The van der Waals surface area contributed by atoms with E-state index in [1.165, 1.54) is 10.4 Å². The fourth-order valence-electron chi connectivity index (χ4n) is 2.51. The van der Waals surface area contributed by atoms with Crippen LogP contribution in [-0.2, 0) is 10.0 Å². The zero-order valence-electron chi connectivity index (χ0n) is 15.3. The van der Waals surface area contributed by atoms with E-state index in [1.54, 1.807) is 30.1 Å². The van der Waals surface area contributed by atoms with Crippen LogP contribution in [0, 0.1) is 0 Å². The lowest BCUT2D eigenvalue weighted by Gasteiger charge is -2.22. The molecular weight excluding hydrogens is 324 g/mol. The van der Waals surface area contributed by atoms with Crippen molar-refractivity contribution in [2.45, 2.75) is 51.3 Å². The van der Waals surface area contributed by atoms with E-state index < -0.39 is 10.0 Å². The van der Waals surface area contributed by atoms with Crippen molar-refractivity contribution in [1.82, 2.24) is 9.21 Å². The van der Waals surface area contributed by atoms with Crippen molar-refractivity contribution in [3.05, 3.63) is 29.8 Å². The summed E-state index contributed by atoms with van der Waals surface area (Å²) in [6.07, 6.45) is 3.46. The molecule has 0 aliphatic carbocycles. The first kappa shape index (κ1) is 20.6. The molecule has 0 saturated carbocycles. The maximum absolute atomic E-state index is 12.8. The predicted molar refractivity (Wildman–Crippen MR) is 97.7 cm³/mol. The second kappa shape index (κ2) is 9.79. The Hall–Kier alpha value is -1.40. The predicted octanol–water partition coefficient (Wildman–Crippen LogP) is 3.37. The molecule has 1 aromatic carbocycles. The molecule has 136 valence electrons. The van der Waals surface area contributed by atoms with Crippen LogP contribution in [0.4, 0.5) is 0 Å². The highest BCUT2D eigenvalue weighted by Crippen LogP contribution is 2.19. The van der Waals surface area contributed by atoms with E-state index in [2.05, 4.69) is 6.92 Å². The van der Waals surface area contributed by atoms with Crippen molar-refractivity contribution in [3.8, 4) is 0 Å². The highest BCUT2D eigenvalue weighted by atomic mass is 32.2. The van der Waals surface area contributed by atoms with Gasteiger partial charge in [0.05, 0.1) is 4.90 Å². The van der Waals surface area contributed by atoms with Gasteiger partial charge in [0.1, 0.15) is 0 Å². The molecule has 0 atom stereocenters. The van der Waals surface area contributed by atoms with Gasteiger partial charge in [-0.1, -0.05) is 33.3 Å². The molecule has 0 spiro atoms. The maximum atomic E-state index is 12.8. The summed E-state index contributed by atoms with van der Waals surface area (Å²) in [7, 11) is -1.81. The second-order valence-corrected chi connectivity index (χ2v) is 7.95. The van der Waals surface area contributed by atoms with Gasteiger partial charge in [-0.15, -0.1) is 0 Å². The van der Waals surface area contributed by atoms with Crippen LogP contribution in [0.25, 0.3) is 0 Å².